The minimum absolute atomic E-state index is 0.0508. The zero-order chi connectivity index (χ0) is 32.9. The van der Waals surface area contributed by atoms with E-state index < -0.39 is 24.3 Å². The maximum atomic E-state index is 12.9. The maximum Gasteiger partial charge on any atom is 0.490 e. The number of hydrogen-bond acceptors (Lipinski definition) is 5. The van der Waals surface area contributed by atoms with Crippen molar-refractivity contribution in [3.8, 4) is 0 Å². The molecule has 0 saturated heterocycles. The van der Waals surface area contributed by atoms with E-state index in [1.807, 2.05) is 24.3 Å². The van der Waals surface area contributed by atoms with Crippen LogP contribution in [0.4, 0.5) is 32.0 Å². The van der Waals surface area contributed by atoms with Gasteiger partial charge in [0.2, 0.25) is 0 Å². The molecule has 3 aromatic rings. The molecule has 2 unspecified atom stereocenters. The molecule has 2 aromatic carbocycles. The highest BCUT2D eigenvalue weighted by Gasteiger charge is 2.40. The number of rotatable bonds is 6. The summed E-state index contributed by atoms with van der Waals surface area (Å²) < 4.78 is 65.8. The Morgan fingerprint density at radius 1 is 0.911 bits per heavy atom. The third-order valence-corrected chi connectivity index (χ3v) is 7.59. The second kappa shape index (κ2) is 13.9. The van der Waals surface area contributed by atoms with Gasteiger partial charge >= 0.3 is 24.3 Å². The second-order valence-corrected chi connectivity index (χ2v) is 11.2. The van der Waals surface area contributed by atoms with Crippen molar-refractivity contribution in [1.82, 2.24) is 14.9 Å². The molecule has 1 aromatic heterocycles. The number of carboxylic acid groups (broad SMARTS) is 2. The molecule has 2 atom stereocenters. The van der Waals surface area contributed by atoms with Crippen LogP contribution in [-0.2, 0) is 22.6 Å². The number of carbonyl (C=O) groups excluding carboxylic acids is 1. The van der Waals surface area contributed by atoms with Crippen LogP contribution in [0.2, 0.25) is 0 Å². The van der Waals surface area contributed by atoms with Gasteiger partial charge < -0.3 is 25.4 Å². The molecule has 45 heavy (non-hydrogen) atoms. The van der Waals surface area contributed by atoms with E-state index in [0.717, 1.165) is 42.2 Å². The van der Waals surface area contributed by atoms with Crippen LogP contribution in [-0.4, -0.2) is 62.5 Å². The summed E-state index contributed by atoms with van der Waals surface area (Å²) in [6, 6.07) is 14.8. The molecular formula is C30H32F6N4O5. The standard InChI is InChI=1S/C26H30N4O.2C2HF3O2/c31-26(19-6-4-5-18(13-19)21-15-22(21)27-16-17-8-9-17)28-20-10-11-24-23(14-20)29-25-7-2-1-3-12-30(24)25;2*3-2(4,5)1(6)7/h4-6,10-11,13-14,17,21-22,27H,1-3,7-9,12,15-16H2,(H,28,31);2*(H,6,7). The molecule has 9 nitrogen and oxygen atoms in total. The summed E-state index contributed by atoms with van der Waals surface area (Å²) in [5.74, 6) is -2.94. The number of anilines is 1. The molecule has 1 aliphatic heterocycles. The first-order chi connectivity index (χ1) is 21.1. The third-order valence-electron chi connectivity index (χ3n) is 7.59. The number of halogens is 6. The fourth-order valence-electron chi connectivity index (χ4n) is 4.97. The van der Waals surface area contributed by atoms with Crippen LogP contribution in [0.3, 0.4) is 0 Å². The van der Waals surface area contributed by atoms with Crippen LogP contribution >= 0.6 is 0 Å². The summed E-state index contributed by atoms with van der Waals surface area (Å²) in [5, 5.41) is 21.0. The van der Waals surface area contributed by atoms with E-state index >= 15 is 0 Å². The number of nitrogens with zero attached hydrogens (tertiary/aromatic N) is 2. The molecule has 2 saturated carbocycles. The predicted molar refractivity (Wildman–Crippen MR) is 151 cm³/mol. The first-order valence-electron chi connectivity index (χ1n) is 14.4. The van der Waals surface area contributed by atoms with Crippen molar-refractivity contribution in [2.45, 2.75) is 75.8 Å². The Hall–Kier alpha value is -4.14. The number of alkyl halides is 6. The van der Waals surface area contributed by atoms with Gasteiger partial charge in [0.25, 0.3) is 5.91 Å². The Kier molecular flexibility index (Phi) is 10.4. The maximum absolute atomic E-state index is 12.9. The number of aromatic nitrogens is 2. The highest BCUT2D eigenvalue weighted by molar-refractivity contribution is 6.05. The second-order valence-electron chi connectivity index (χ2n) is 11.2. The number of carboxylic acids is 2. The number of nitrogens with one attached hydrogen (secondary N) is 2. The average Bonchev–Trinajstić information content (AvgIpc) is 3.88. The minimum atomic E-state index is -5.08. The van der Waals surface area contributed by atoms with Crippen molar-refractivity contribution < 1.29 is 50.9 Å². The van der Waals surface area contributed by atoms with Gasteiger partial charge in [-0.3, -0.25) is 4.79 Å². The van der Waals surface area contributed by atoms with Crippen LogP contribution in [0.5, 0.6) is 0 Å². The van der Waals surface area contributed by atoms with Crippen molar-refractivity contribution >= 4 is 34.6 Å². The Labute approximate surface area is 253 Å². The van der Waals surface area contributed by atoms with Crippen molar-refractivity contribution in [3.63, 3.8) is 0 Å². The zero-order valence-electron chi connectivity index (χ0n) is 23.9. The topological polar surface area (TPSA) is 134 Å². The minimum Gasteiger partial charge on any atom is -0.475 e. The molecule has 6 rings (SSSR count). The molecule has 0 bridgehead atoms. The zero-order valence-corrected chi connectivity index (χ0v) is 23.9. The number of aliphatic carboxylic acids is 2. The number of aryl methyl sites for hydroxylation is 2. The van der Waals surface area contributed by atoms with Crippen molar-refractivity contribution in [2.75, 3.05) is 11.9 Å². The van der Waals surface area contributed by atoms with E-state index in [1.165, 1.54) is 55.4 Å². The van der Waals surface area contributed by atoms with Crippen LogP contribution in [0.1, 0.15) is 66.2 Å². The molecule has 2 heterocycles. The fourth-order valence-corrected chi connectivity index (χ4v) is 4.97. The molecule has 3 aliphatic rings. The molecule has 2 aliphatic carbocycles. The predicted octanol–water partition coefficient (Wildman–Crippen LogP) is 6.14. The Bertz CT molecular complexity index is 1510. The monoisotopic (exact) mass is 642 g/mol. The SMILES string of the molecule is O=C(Nc1ccc2c(c1)nc1n2CCCCC1)c1cccc(C2CC2NCC2CC2)c1.O=C(O)C(F)(F)F.O=C(O)C(F)(F)F. The summed E-state index contributed by atoms with van der Waals surface area (Å²) in [6.07, 6.45) is -1.48. The highest BCUT2D eigenvalue weighted by atomic mass is 19.4. The van der Waals surface area contributed by atoms with E-state index in [9.17, 15) is 31.1 Å². The van der Waals surface area contributed by atoms with Crippen molar-refractivity contribution in [1.29, 1.82) is 0 Å². The van der Waals surface area contributed by atoms with E-state index in [1.54, 1.807) is 0 Å². The molecule has 0 radical (unpaired) electrons. The molecule has 2 fully saturated rings. The first kappa shape index (κ1) is 33.7. The van der Waals surface area contributed by atoms with Gasteiger partial charge in [-0.25, -0.2) is 14.6 Å². The Morgan fingerprint density at radius 3 is 2.20 bits per heavy atom. The fraction of sp³-hybridized carbons (Fsp3) is 0.467. The summed E-state index contributed by atoms with van der Waals surface area (Å²) in [5.41, 5.74) is 4.97. The first-order valence-corrected chi connectivity index (χ1v) is 14.4. The quantitative estimate of drug-likeness (QED) is 0.238. The summed E-state index contributed by atoms with van der Waals surface area (Å²) in [6.45, 7) is 2.20. The largest absolute Gasteiger partial charge is 0.490 e. The normalized spacial score (nSPS) is 19.2. The lowest BCUT2D eigenvalue weighted by atomic mass is 10.1. The van der Waals surface area contributed by atoms with Crippen LogP contribution in [0, 0.1) is 5.92 Å². The van der Waals surface area contributed by atoms with Crippen molar-refractivity contribution in [3.05, 3.63) is 59.4 Å². The number of carbonyl (C=O) groups is 3. The molecule has 244 valence electrons. The number of imidazole rings is 1. The van der Waals surface area contributed by atoms with E-state index in [4.69, 9.17) is 24.8 Å². The molecular weight excluding hydrogens is 610 g/mol. The van der Waals surface area contributed by atoms with E-state index in [-0.39, 0.29) is 5.91 Å². The van der Waals surface area contributed by atoms with Crippen LogP contribution < -0.4 is 10.6 Å². The van der Waals surface area contributed by atoms with E-state index in [0.29, 0.717) is 12.0 Å². The number of amides is 1. The molecule has 4 N–H and O–H groups in total. The Balaban J connectivity index is 0.000000277. The number of benzene rings is 2. The highest BCUT2D eigenvalue weighted by Crippen LogP contribution is 2.42. The number of fused-ring (bicyclic) bond motifs is 3. The summed E-state index contributed by atoms with van der Waals surface area (Å²) in [7, 11) is 0. The van der Waals surface area contributed by atoms with Gasteiger partial charge in [-0.15, -0.1) is 0 Å². The molecule has 1 amide bonds. The van der Waals surface area contributed by atoms with Crippen molar-refractivity contribution in [2.24, 2.45) is 5.92 Å². The summed E-state index contributed by atoms with van der Waals surface area (Å²) >= 11 is 0. The van der Waals surface area contributed by atoms with Gasteiger partial charge in [0.15, 0.2) is 0 Å². The van der Waals surface area contributed by atoms with Gasteiger partial charge in [0.05, 0.1) is 11.0 Å². The van der Waals surface area contributed by atoms with Crippen LogP contribution in [0.25, 0.3) is 11.0 Å². The lowest BCUT2D eigenvalue weighted by molar-refractivity contribution is -0.193. The lowest BCUT2D eigenvalue weighted by Gasteiger charge is -2.08. The smallest absolute Gasteiger partial charge is 0.475 e. The third kappa shape index (κ3) is 9.67. The van der Waals surface area contributed by atoms with Gasteiger partial charge in [-0.05, 0) is 80.5 Å². The van der Waals surface area contributed by atoms with Gasteiger partial charge in [-0.2, -0.15) is 26.3 Å². The van der Waals surface area contributed by atoms with Gasteiger partial charge in [-0.1, -0.05) is 18.6 Å². The Morgan fingerprint density at radius 2 is 1.58 bits per heavy atom. The van der Waals surface area contributed by atoms with Gasteiger partial charge in [0.1, 0.15) is 5.82 Å². The molecule has 15 heteroatoms. The molecule has 0 spiro atoms. The summed E-state index contributed by atoms with van der Waals surface area (Å²) in [4.78, 5) is 35.6. The average molecular weight is 643 g/mol. The van der Waals surface area contributed by atoms with Gasteiger partial charge in [0, 0.05) is 36.2 Å². The van der Waals surface area contributed by atoms with E-state index in [2.05, 4.69) is 33.4 Å². The number of hydrogen-bond donors (Lipinski definition) is 4. The van der Waals surface area contributed by atoms with Crippen LogP contribution in [0.15, 0.2) is 42.5 Å². The lowest BCUT2D eigenvalue weighted by Crippen LogP contribution is -2.21.